The van der Waals surface area contributed by atoms with Gasteiger partial charge in [0.1, 0.15) is 40.2 Å². The lowest BCUT2D eigenvalue weighted by atomic mass is 9.86. The van der Waals surface area contributed by atoms with E-state index in [1.54, 1.807) is 4.90 Å². The molecule has 3 aliphatic rings. The molecule has 2 aromatic carbocycles. The smallest absolute Gasteiger partial charge is 0.264 e. The molecule has 9 nitrogen and oxygen atoms in total. The molecule has 2 aliphatic heterocycles. The summed E-state index contributed by atoms with van der Waals surface area (Å²) in [5.41, 5.74) is 7.86. The molecule has 0 unspecified atom stereocenters. The van der Waals surface area contributed by atoms with E-state index in [9.17, 15) is 14.9 Å². The van der Waals surface area contributed by atoms with Gasteiger partial charge in [-0.25, -0.2) is 4.68 Å². The maximum atomic E-state index is 12.9. The first-order valence-corrected chi connectivity index (χ1v) is 13.9. The number of aromatic nitrogens is 2. The number of piperidine rings is 1. The fourth-order valence-corrected chi connectivity index (χ4v) is 5.79. The number of amides is 2. The lowest BCUT2D eigenvalue weighted by Crippen LogP contribution is -2.42. The number of anilines is 1. The number of nitriles is 1. The third-order valence-corrected chi connectivity index (χ3v) is 8.06. The maximum absolute atomic E-state index is 12.9. The minimum Gasteiger partial charge on any atom is -0.457 e. The first kappa shape index (κ1) is 25.7. The Morgan fingerprint density at radius 2 is 1.70 bits per heavy atom. The number of para-hydroxylation sites is 1. The van der Waals surface area contributed by atoms with Crippen molar-refractivity contribution in [3.05, 3.63) is 71.8 Å². The predicted molar refractivity (Wildman–Crippen MR) is 151 cm³/mol. The van der Waals surface area contributed by atoms with Crippen LogP contribution >= 0.6 is 0 Å². The van der Waals surface area contributed by atoms with E-state index in [0.29, 0.717) is 48.4 Å². The standard InChI is InChI=1S/C31H32N6O3/c32-19-23(18-20-6-7-20)31(39)36-16-13-21(14-17-36)26-12-15-34-30-27(29(33)38)28(35-37(26)30)22-8-10-25(11-9-22)40-24-4-2-1-3-5-24/h1-5,8-11,18,20-21,26,34H,6-7,12-17H2,(H2,33,38)/b23-18+/t26-/m0/s1. The summed E-state index contributed by atoms with van der Waals surface area (Å²) in [5, 5.41) is 17.8. The SMILES string of the molecule is N#C/C(=C\C1CC1)C(=O)N1CCC([C@@H]2CCNc3c(C(N)=O)c(-c4ccc(Oc5ccccc5)cc4)nn32)CC1. The quantitative estimate of drug-likeness (QED) is 0.327. The topological polar surface area (TPSA) is 126 Å². The van der Waals surface area contributed by atoms with Crippen molar-refractivity contribution >= 4 is 17.6 Å². The minimum absolute atomic E-state index is 0.0819. The van der Waals surface area contributed by atoms with E-state index >= 15 is 0 Å². The second-order valence-corrected chi connectivity index (χ2v) is 10.8. The zero-order chi connectivity index (χ0) is 27.6. The van der Waals surface area contributed by atoms with Crippen LogP contribution in [0.4, 0.5) is 5.82 Å². The first-order chi connectivity index (χ1) is 19.5. The number of allylic oxidation sites excluding steroid dienone is 1. The molecule has 9 heteroatoms. The summed E-state index contributed by atoms with van der Waals surface area (Å²) < 4.78 is 7.85. The van der Waals surface area contributed by atoms with E-state index in [-0.39, 0.29) is 23.4 Å². The number of primary amides is 1. The number of nitrogens with two attached hydrogens (primary N) is 1. The third kappa shape index (κ3) is 5.17. The van der Waals surface area contributed by atoms with Crippen LogP contribution in [0.2, 0.25) is 0 Å². The minimum atomic E-state index is -0.527. The van der Waals surface area contributed by atoms with E-state index in [1.165, 1.54) is 0 Å². The van der Waals surface area contributed by atoms with Crippen LogP contribution in [0.5, 0.6) is 11.5 Å². The Labute approximate surface area is 233 Å². The van der Waals surface area contributed by atoms with Gasteiger partial charge in [-0.05, 0) is 80.3 Å². The van der Waals surface area contributed by atoms with Crippen molar-refractivity contribution in [3.8, 4) is 28.8 Å². The van der Waals surface area contributed by atoms with Gasteiger partial charge >= 0.3 is 0 Å². The number of ether oxygens (including phenoxy) is 1. The summed E-state index contributed by atoms with van der Waals surface area (Å²) in [6.07, 6.45) is 6.44. The number of nitrogens with one attached hydrogen (secondary N) is 1. The summed E-state index contributed by atoms with van der Waals surface area (Å²) in [5.74, 6) is 2.07. The van der Waals surface area contributed by atoms with Crippen molar-refractivity contribution in [1.29, 1.82) is 5.26 Å². The summed E-state index contributed by atoms with van der Waals surface area (Å²) >= 11 is 0. The number of likely N-dealkylation sites (tertiary alicyclic amines) is 1. The number of nitrogens with zero attached hydrogens (tertiary/aromatic N) is 4. The Kier molecular flexibility index (Phi) is 6.99. The number of fused-ring (bicyclic) bond motifs is 1. The number of hydrogen-bond acceptors (Lipinski definition) is 6. The number of carbonyl (C=O) groups excluding carboxylic acids is 2. The molecule has 6 rings (SSSR count). The summed E-state index contributed by atoms with van der Waals surface area (Å²) in [4.78, 5) is 27.4. The Morgan fingerprint density at radius 3 is 2.35 bits per heavy atom. The van der Waals surface area contributed by atoms with Crippen LogP contribution in [0.1, 0.15) is 48.5 Å². The Balaban J connectivity index is 1.20. The van der Waals surface area contributed by atoms with E-state index in [4.69, 9.17) is 15.6 Å². The first-order valence-electron chi connectivity index (χ1n) is 13.9. The second kappa shape index (κ2) is 10.9. The van der Waals surface area contributed by atoms with Gasteiger partial charge in [-0.15, -0.1) is 0 Å². The molecule has 1 aromatic heterocycles. The normalized spacial score (nSPS) is 19.3. The number of carbonyl (C=O) groups is 2. The average molecular weight is 537 g/mol. The van der Waals surface area contributed by atoms with Crippen LogP contribution in [-0.2, 0) is 4.79 Å². The molecule has 40 heavy (non-hydrogen) atoms. The molecular weight excluding hydrogens is 504 g/mol. The Bertz CT molecular complexity index is 1480. The molecule has 0 bridgehead atoms. The van der Waals surface area contributed by atoms with Gasteiger partial charge in [0.05, 0.1) is 6.04 Å². The van der Waals surface area contributed by atoms with Crippen molar-refractivity contribution in [2.75, 3.05) is 25.0 Å². The van der Waals surface area contributed by atoms with Crippen LogP contribution in [-0.4, -0.2) is 46.1 Å². The Hall–Kier alpha value is -4.58. The van der Waals surface area contributed by atoms with Gasteiger partial charge < -0.3 is 20.7 Å². The fraction of sp³-hybridized carbons (Fsp3) is 0.355. The van der Waals surface area contributed by atoms with Gasteiger partial charge in [-0.1, -0.05) is 24.3 Å². The molecule has 3 aromatic rings. The summed E-state index contributed by atoms with van der Waals surface area (Å²) in [7, 11) is 0. The molecule has 1 saturated carbocycles. The van der Waals surface area contributed by atoms with Gasteiger partial charge in [0, 0.05) is 25.2 Å². The zero-order valence-electron chi connectivity index (χ0n) is 22.3. The van der Waals surface area contributed by atoms with Gasteiger partial charge in [0.2, 0.25) is 0 Å². The summed E-state index contributed by atoms with van der Waals surface area (Å²) in [6.45, 7) is 1.92. The molecular formula is C31H32N6O3. The lowest BCUT2D eigenvalue weighted by Gasteiger charge is -2.38. The van der Waals surface area contributed by atoms with Gasteiger partial charge in [0.25, 0.3) is 11.8 Å². The van der Waals surface area contributed by atoms with Crippen LogP contribution in [0.25, 0.3) is 11.3 Å². The van der Waals surface area contributed by atoms with Crippen molar-refractivity contribution in [1.82, 2.24) is 14.7 Å². The molecule has 2 amide bonds. The monoisotopic (exact) mass is 536 g/mol. The van der Waals surface area contributed by atoms with Crippen LogP contribution in [0.15, 0.2) is 66.2 Å². The highest BCUT2D eigenvalue weighted by Gasteiger charge is 2.36. The highest BCUT2D eigenvalue weighted by Crippen LogP contribution is 2.40. The number of hydrogen-bond donors (Lipinski definition) is 2. The average Bonchev–Trinajstić information content (AvgIpc) is 3.72. The van der Waals surface area contributed by atoms with Crippen LogP contribution in [0.3, 0.4) is 0 Å². The summed E-state index contributed by atoms with van der Waals surface area (Å²) in [6, 6.07) is 19.2. The Morgan fingerprint density at radius 1 is 1.00 bits per heavy atom. The molecule has 3 heterocycles. The zero-order valence-corrected chi connectivity index (χ0v) is 22.3. The van der Waals surface area contributed by atoms with Crippen molar-refractivity contribution in [2.45, 2.75) is 38.1 Å². The molecule has 204 valence electrons. The van der Waals surface area contributed by atoms with E-state index < -0.39 is 5.91 Å². The lowest BCUT2D eigenvalue weighted by molar-refractivity contribution is -0.128. The highest BCUT2D eigenvalue weighted by molar-refractivity contribution is 6.04. The van der Waals surface area contributed by atoms with Crippen molar-refractivity contribution < 1.29 is 14.3 Å². The molecule has 3 N–H and O–H groups in total. The number of rotatable bonds is 7. The predicted octanol–water partition coefficient (Wildman–Crippen LogP) is 4.90. The molecule has 0 radical (unpaired) electrons. The maximum Gasteiger partial charge on any atom is 0.264 e. The van der Waals surface area contributed by atoms with Crippen molar-refractivity contribution in [3.63, 3.8) is 0 Å². The molecule has 1 atom stereocenters. The molecule has 2 fully saturated rings. The third-order valence-electron chi connectivity index (χ3n) is 8.06. The van der Waals surface area contributed by atoms with Crippen LogP contribution in [0, 0.1) is 23.2 Å². The number of benzene rings is 2. The van der Waals surface area contributed by atoms with Gasteiger partial charge in [-0.3, -0.25) is 9.59 Å². The van der Waals surface area contributed by atoms with Gasteiger partial charge in [-0.2, -0.15) is 10.4 Å². The molecule has 1 saturated heterocycles. The largest absolute Gasteiger partial charge is 0.457 e. The fourth-order valence-electron chi connectivity index (χ4n) is 5.79. The molecule has 1 aliphatic carbocycles. The van der Waals surface area contributed by atoms with Gasteiger partial charge in [0.15, 0.2) is 0 Å². The highest BCUT2D eigenvalue weighted by atomic mass is 16.5. The van der Waals surface area contributed by atoms with E-state index in [0.717, 1.165) is 43.4 Å². The van der Waals surface area contributed by atoms with Crippen molar-refractivity contribution in [2.24, 2.45) is 17.6 Å². The van der Waals surface area contributed by atoms with E-state index in [2.05, 4.69) is 11.4 Å². The van der Waals surface area contributed by atoms with Crippen LogP contribution < -0.4 is 15.8 Å². The van der Waals surface area contributed by atoms with E-state index in [1.807, 2.05) is 65.4 Å². The molecule has 0 spiro atoms. The second-order valence-electron chi connectivity index (χ2n) is 10.8.